The molecule has 0 saturated carbocycles. The molecule has 1 aliphatic heterocycles. The van der Waals surface area contributed by atoms with E-state index in [1.54, 1.807) is 0 Å². The number of aliphatic hydroxyl groups is 1. The number of hydrogen-bond donors (Lipinski definition) is 1. The van der Waals surface area contributed by atoms with Crippen molar-refractivity contribution in [2.45, 2.75) is 31.4 Å². The van der Waals surface area contributed by atoms with Crippen molar-refractivity contribution in [3.8, 4) is 0 Å². The molecule has 20 heavy (non-hydrogen) atoms. The number of carbonyl (C=O) groups is 1. The summed E-state index contributed by atoms with van der Waals surface area (Å²) in [5.41, 5.74) is 1.21. The first-order valence-corrected chi connectivity index (χ1v) is 7.56. The van der Waals surface area contributed by atoms with Crippen LogP contribution in [0.15, 0.2) is 28.7 Å². The van der Waals surface area contributed by atoms with Crippen LogP contribution in [0.2, 0.25) is 0 Å². The molecule has 1 aromatic carbocycles. The summed E-state index contributed by atoms with van der Waals surface area (Å²) < 4.78 is 5.87. The zero-order valence-electron chi connectivity index (χ0n) is 11.8. The van der Waals surface area contributed by atoms with Gasteiger partial charge in [-0.25, -0.2) is 0 Å². The van der Waals surface area contributed by atoms with Crippen molar-refractivity contribution in [2.75, 3.05) is 20.2 Å². The Kier molecular flexibility index (Phi) is 5.18. The third kappa shape index (κ3) is 3.59. The Labute approximate surface area is 127 Å². The molecule has 1 fully saturated rings. The summed E-state index contributed by atoms with van der Waals surface area (Å²) >= 11 is 3.47. The van der Waals surface area contributed by atoms with Gasteiger partial charge in [0.1, 0.15) is 6.04 Å². The topological polar surface area (TPSA) is 49.8 Å². The fourth-order valence-corrected chi connectivity index (χ4v) is 3.15. The fraction of sp³-hybridized carbons (Fsp3) is 0.533. The number of halogens is 1. The number of esters is 1. The van der Waals surface area contributed by atoms with E-state index in [-0.39, 0.29) is 17.9 Å². The van der Waals surface area contributed by atoms with Crippen molar-refractivity contribution in [2.24, 2.45) is 0 Å². The van der Waals surface area contributed by atoms with Gasteiger partial charge in [-0.15, -0.1) is 0 Å². The second-order valence-electron chi connectivity index (χ2n) is 5.34. The Morgan fingerprint density at radius 2 is 2.35 bits per heavy atom. The molecule has 0 aliphatic carbocycles. The summed E-state index contributed by atoms with van der Waals surface area (Å²) in [6, 6.07) is 7.84. The summed E-state index contributed by atoms with van der Waals surface area (Å²) in [4.78, 5) is 13.8. The molecule has 0 unspecified atom stereocenters. The Morgan fingerprint density at radius 1 is 1.60 bits per heavy atom. The van der Waals surface area contributed by atoms with E-state index in [4.69, 9.17) is 4.74 Å². The van der Waals surface area contributed by atoms with Gasteiger partial charge < -0.3 is 9.84 Å². The number of methoxy groups -OCH3 is 1. The molecular weight excluding hydrogens is 322 g/mol. The van der Waals surface area contributed by atoms with Gasteiger partial charge in [0.2, 0.25) is 0 Å². The maximum absolute atomic E-state index is 11.8. The molecule has 3 atom stereocenters. The highest BCUT2D eigenvalue weighted by atomic mass is 79.9. The zero-order valence-corrected chi connectivity index (χ0v) is 13.3. The molecule has 2 rings (SSSR count). The van der Waals surface area contributed by atoms with Crippen molar-refractivity contribution in [1.29, 1.82) is 0 Å². The van der Waals surface area contributed by atoms with Crippen molar-refractivity contribution >= 4 is 21.9 Å². The predicted molar refractivity (Wildman–Crippen MR) is 80.6 cm³/mol. The Bertz CT molecular complexity index is 480. The predicted octanol–water partition coefficient (Wildman–Crippen LogP) is 2.16. The molecule has 1 aliphatic rings. The van der Waals surface area contributed by atoms with Crippen LogP contribution in [0.4, 0.5) is 0 Å². The largest absolute Gasteiger partial charge is 0.468 e. The molecule has 0 bridgehead atoms. The summed E-state index contributed by atoms with van der Waals surface area (Å²) in [5.74, 6) is 0.0212. The molecule has 1 N–H and O–H groups in total. The van der Waals surface area contributed by atoms with Crippen molar-refractivity contribution < 1.29 is 14.6 Å². The monoisotopic (exact) mass is 341 g/mol. The molecule has 0 spiro atoms. The molecule has 0 radical (unpaired) electrons. The van der Waals surface area contributed by atoms with Gasteiger partial charge in [0.05, 0.1) is 13.2 Å². The number of carbonyl (C=O) groups excluding carboxylic acids is 1. The number of benzene rings is 1. The van der Waals surface area contributed by atoms with E-state index in [0.29, 0.717) is 13.0 Å². The van der Waals surface area contributed by atoms with Crippen LogP contribution >= 0.6 is 15.9 Å². The molecule has 0 amide bonds. The van der Waals surface area contributed by atoms with Gasteiger partial charge >= 0.3 is 5.97 Å². The minimum Gasteiger partial charge on any atom is -0.468 e. The van der Waals surface area contributed by atoms with Gasteiger partial charge in [0, 0.05) is 24.0 Å². The maximum atomic E-state index is 11.8. The first kappa shape index (κ1) is 15.5. The third-order valence-electron chi connectivity index (χ3n) is 3.78. The van der Waals surface area contributed by atoms with E-state index in [1.165, 1.54) is 12.7 Å². The summed E-state index contributed by atoms with van der Waals surface area (Å²) in [6.45, 7) is 3.38. The molecule has 110 valence electrons. The summed E-state index contributed by atoms with van der Waals surface area (Å²) in [7, 11) is 1.39. The zero-order chi connectivity index (χ0) is 14.7. The average Bonchev–Trinajstić information content (AvgIpc) is 2.78. The second-order valence-corrected chi connectivity index (χ2v) is 6.25. The Balaban J connectivity index is 2.06. The molecule has 5 heteroatoms. The molecule has 0 aromatic heterocycles. The van der Waals surface area contributed by atoms with E-state index >= 15 is 0 Å². The average molecular weight is 342 g/mol. The standard InChI is InChI=1S/C15H20BrNO3/c1-10(11-4-3-5-12(16)6-11)8-17-9-13(18)7-14(17)15(19)20-2/h3-6,10,13-14,18H,7-9H2,1-2H3/t10-,13-,14-/m0/s1. The van der Waals surface area contributed by atoms with Crippen LogP contribution in [0.5, 0.6) is 0 Å². The summed E-state index contributed by atoms with van der Waals surface area (Å²) in [6.07, 6.45) is 0.00605. The van der Waals surface area contributed by atoms with Crippen LogP contribution in [-0.4, -0.2) is 48.3 Å². The SMILES string of the molecule is COC(=O)[C@@H]1C[C@H](O)CN1C[C@H](C)c1cccc(Br)c1. The highest BCUT2D eigenvalue weighted by Crippen LogP contribution is 2.25. The lowest BCUT2D eigenvalue weighted by Crippen LogP contribution is -2.39. The first-order valence-electron chi connectivity index (χ1n) is 6.76. The number of likely N-dealkylation sites (tertiary alicyclic amines) is 1. The first-order chi connectivity index (χ1) is 9.51. The van der Waals surface area contributed by atoms with Crippen molar-refractivity contribution in [3.05, 3.63) is 34.3 Å². The lowest BCUT2D eigenvalue weighted by atomic mass is 10.0. The number of β-amino-alcohol motifs (C(OH)–C–C–N with tert-alkyl or cyclic N) is 1. The van der Waals surface area contributed by atoms with Gasteiger partial charge in [-0.2, -0.15) is 0 Å². The van der Waals surface area contributed by atoms with E-state index in [9.17, 15) is 9.90 Å². The van der Waals surface area contributed by atoms with Crippen molar-refractivity contribution in [3.63, 3.8) is 0 Å². The smallest absolute Gasteiger partial charge is 0.323 e. The van der Waals surface area contributed by atoms with Gasteiger partial charge in [0.25, 0.3) is 0 Å². The minimum atomic E-state index is -0.450. The number of nitrogens with zero attached hydrogens (tertiary/aromatic N) is 1. The highest BCUT2D eigenvalue weighted by molar-refractivity contribution is 9.10. The highest BCUT2D eigenvalue weighted by Gasteiger charge is 2.37. The Hall–Kier alpha value is -0.910. The van der Waals surface area contributed by atoms with E-state index in [1.807, 2.05) is 17.0 Å². The van der Waals surface area contributed by atoms with Crippen LogP contribution in [0.3, 0.4) is 0 Å². The van der Waals surface area contributed by atoms with Gasteiger partial charge in [0.15, 0.2) is 0 Å². The van der Waals surface area contributed by atoms with Gasteiger partial charge in [-0.3, -0.25) is 9.69 Å². The number of aliphatic hydroxyl groups excluding tert-OH is 1. The summed E-state index contributed by atoms with van der Waals surface area (Å²) in [5, 5.41) is 9.79. The van der Waals surface area contributed by atoms with E-state index in [0.717, 1.165) is 11.0 Å². The number of rotatable bonds is 4. The Morgan fingerprint density at radius 3 is 3.00 bits per heavy atom. The fourth-order valence-electron chi connectivity index (χ4n) is 2.73. The lowest BCUT2D eigenvalue weighted by Gasteiger charge is -2.25. The molecule has 1 heterocycles. The van der Waals surface area contributed by atoms with Gasteiger partial charge in [-0.1, -0.05) is 35.0 Å². The van der Waals surface area contributed by atoms with Crippen LogP contribution in [0.1, 0.15) is 24.8 Å². The molecule has 1 aromatic rings. The normalized spacial score (nSPS) is 24.6. The maximum Gasteiger partial charge on any atom is 0.323 e. The number of hydrogen-bond acceptors (Lipinski definition) is 4. The molecule has 1 saturated heterocycles. The molecular formula is C15H20BrNO3. The second kappa shape index (κ2) is 6.70. The van der Waals surface area contributed by atoms with Crippen LogP contribution in [-0.2, 0) is 9.53 Å². The van der Waals surface area contributed by atoms with Crippen LogP contribution < -0.4 is 0 Å². The quantitative estimate of drug-likeness (QED) is 0.852. The van der Waals surface area contributed by atoms with Crippen molar-refractivity contribution in [1.82, 2.24) is 4.90 Å². The van der Waals surface area contributed by atoms with Gasteiger partial charge in [-0.05, 0) is 23.6 Å². The molecule has 4 nitrogen and oxygen atoms in total. The number of ether oxygens (including phenoxy) is 1. The van der Waals surface area contributed by atoms with E-state index < -0.39 is 6.10 Å². The lowest BCUT2D eigenvalue weighted by molar-refractivity contribution is -0.145. The van der Waals surface area contributed by atoms with Crippen LogP contribution in [0.25, 0.3) is 0 Å². The third-order valence-corrected chi connectivity index (χ3v) is 4.27. The minimum absolute atomic E-state index is 0.261. The van der Waals surface area contributed by atoms with Crippen LogP contribution in [0, 0.1) is 0 Å². The van der Waals surface area contributed by atoms with E-state index in [2.05, 4.69) is 35.0 Å².